The molecule has 0 radical (unpaired) electrons. The zero-order valence-corrected chi connectivity index (χ0v) is 29.5. The molecule has 0 saturated heterocycles. The molecule has 0 fully saturated rings. The molecule has 2 aromatic heterocycles. The smallest absolute Gasteiger partial charge is 0.156 e. The van der Waals surface area contributed by atoms with Crippen molar-refractivity contribution in [2.24, 2.45) is 0 Å². The van der Waals surface area contributed by atoms with Crippen LogP contribution in [0.5, 0.6) is 0 Å². The van der Waals surface area contributed by atoms with Crippen LogP contribution in [0.3, 0.4) is 0 Å². The highest BCUT2D eigenvalue weighted by molar-refractivity contribution is 6.12. The second kappa shape index (κ2) is 13.4. The summed E-state index contributed by atoms with van der Waals surface area (Å²) in [7, 11) is 0. The largest absolute Gasteiger partial charge is 0.321 e. The van der Waals surface area contributed by atoms with Crippen molar-refractivity contribution >= 4 is 55.7 Å². The van der Waals surface area contributed by atoms with Gasteiger partial charge in [0.25, 0.3) is 0 Å². The molecule has 0 spiro atoms. The Morgan fingerprint density at radius 2 is 0.981 bits per heavy atom. The normalized spacial score (nSPS) is 12.3. The minimum atomic E-state index is 0.709. The van der Waals surface area contributed by atoms with Crippen molar-refractivity contribution in [3.05, 3.63) is 223 Å². The average Bonchev–Trinajstić information content (AvgIpc) is 3.80. The first-order valence-electron chi connectivity index (χ1n) is 18.3. The topological polar surface area (TPSA) is 37.2 Å². The van der Waals surface area contributed by atoms with Crippen LogP contribution in [0.25, 0.3) is 38.8 Å². The van der Waals surface area contributed by atoms with Gasteiger partial charge in [0.05, 0.1) is 28.6 Å². The lowest BCUT2D eigenvalue weighted by Gasteiger charge is -2.24. The third-order valence-electron chi connectivity index (χ3n) is 10.4. The van der Waals surface area contributed by atoms with Crippen molar-refractivity contribution in [1.29, 1.82) is 0 Å². The van der Waals surface area contributed by atoms with E-state index in [9.17, 15) is 0 Å². The molecule has 5 nitrogen and oxygen atoms in total. The van der Waals surface area contributed by atoms with Crippen LogP contribution < -0.4 is 9.80 Å². The van der Waals surface area contributed by atoms with Gasteiger partial charge in [-0.2, -0.15) is 0 Å². The predicted octanol–water partition coefficient (Wildman–Crippen LogP) is 11.8. The third kappa shape index (κ3) is 5.42. The fourth-order valence-corrected chi connectivity index (χ4v) is 7.99. The fraction of sp³-hybridized carbons (Fsp3) is 0.0204. The van der Waals surface area contributed by atoms with E-state index in [1.54, 1.807) is 12.4 Å². The van der Waals surface area contributed by atoms with Crippen molar-refractivity contribution in [3.63, 3.8) is 0 Å². The molecule has 0 atom stereocenters. The van der Waals surface area contributed by atoms with Gasteiger partial charge in [-0.25, -0.2) is 4.98 Å². The molecule has 5 heteroatoms. The monoisotopic (exact) mass is 693 g/mol. The lowest BCUT2D eigenvalue weighted by Crippen LogP contribution is -2.23. The van der Waals surface area contributed by atoms with Crippen LogP contribution in [-0.4, -0.2) is 21.2 Å². The summed E-state index contributed by atoms with van der Waals surface area (Å²) in [4.78, 5) is 14.0. The Hall–Kier alpha value is -7.24. The van der Waals surface area contributed by atoms with Gasteiger partial charge in [-0.1, -0.05) is 133 Å². The Labute approximate surface area is 314 Å². The number of nitrogens with zero attached hydrogens (tertiary/aromatic N) is 5. The molecule has 0 unspecified atom stereocenters. The maximum atomic E-state index is 4.77. The molecular weight excluding hydrogens is 659 g/mol. The van der Waals surface area contributed by atoms with E-state index < -0.39 is 0 Å². The summed E-state index contributed by atoms with van der Waals surface area (Å²) in [5.74, 6) is 0.787. The van der Waals surface area contributed by atoms with Crippen molar-refractivity contribution in [1.82, 2.24) is 14.5 Å². The average molecular weight is 694 g/mol. The first-order valence-corrected chi connectivity index (χ1v) is 18.3. The molecule has 54 heavy (non-hydrogen) atoms. The summed E-state index contributed by atoms with van der Waals surface area (Å²) in [6, 6.07) is 65.3. The van der Waals surface area contributed by atoms with Crippen LogP contribution in [0.2, 0.25) is 0 Å². The standard InChI is InChI=1S/C49H35N5/c1-4-15-35(16-5-1)48(36-17-6-2-7-18-36)49(38-27-28-42-41-23-10-11-24-43(41)54(46(42)32-38)47-33-50-29-30-51-47)37-19-14-22-40(31-37)53-34-52(39-20-8-3-9-21-39)44-25-12-13-26-45(44)53/h1-33H,34H2. The molecule has 256 valence electrons. The Balaban J connectivity index is 1.22. The molecule has 0 saturated carbocycles. The zero-order chi connectivity index (χ0) is 35.8. The van der Waals surface area contributed by atoms with E-state index in [0.29, 0.717) is 6.67 Å². The number of aromatic nitrogens is 3. The van der Waals surface area contributed by atoms with E-state index in [1.807, 2.05) is 6.20 Å². The van der Waals surface area contributed by atoms with Crippen molar-refractivity contribution in [3.8, 4) is 5.82 Å². The second-order valence-electron chi connectivity index (χ2n) is 13.5. The van der Waals surface area contributed by atoms with E-state index in [4.69, 9.17) is 4.98 Å². The molecule has 1 aliphatic heterocycles. The molecule has 7 aromatic carbocycles. The van der Waals surface area contributed by atoms with E-state index in [-0.39, 0.29) is 0 Å². The van der Waals surface area contributed by atoms with Crippen LogP contribution in [0.4, 0.5) is 22.7 Å². The summed E-state index contributed by atoms with van der Waals surface area (Å²) in [6.07, 6.45) is 5.32. The maximum Gasteiger partial charge on any atom is 0.156 e. The summed E-state index contributed by atoms with van der Waals surface area (Å²) >= 11 is 0. The molecule has 9 aromatic rings. The molecule has 1 aliphatic rings. The number of hydrogen-bond donors (Lipinski definition) is 0. The summed E-state index contributed by atoms with van der Waals surface area (Å²) in [5, 5.41) is 2.35. The zero-order valence-electron chi connectivity index (χ0n) is 29.5. The molecule has 10 rings (SSSR count). The van der Waals surface area contributed by atoms with Gasteiger partial charge in [0.15, 0.2) is 5.82 Å². The number of rotatable bonds is 7. The minimum absolute atomic E-state index is 0.709. The van der Waals surface area contributed by atoms with Gasteiger partial charge in [-0.05, 0) is 81.9 Å². The second-order valence-corrected chi connectivity index (χ2v) is 13.5. The summed E-state index contributed by atoms with van der Waals surface area (Å²) in [6.45, 7) is 0.709. The van der Waals surface area contributed by atoms with Gasteiger partial charge >= 0.3 is 0 Å². The Morgan fingerprint density at radius 1 is 0.426 bits per heavy atom. The van der Waals surface area contributed by atoms with E-state index in [2.05, 4.69) is 201 Å². The minimum Gasteiger partial charge on any atom is -0.321 e. The molecular formula is C49H35N5. The number of benzene rings is 7. The van der Waals surface area contributed by atoms with Gasteiger partial charge in [0.2, 0.25) is 0 Å². The first kappa shape index (κ1) is 31.5. The molecule has 0 N–H and O–H groups in total. The van der Waals surface area contributed by atoms with E-state index in [1.165, 1.54) is 33.4 Å². The SMILES string of the molecule is c1ccc(C(=C(c2cccc(N3CN(c4ccccc4)c4ccccc43)c2)c2ccc3c4ccccc4n(-c4cnccn4)c3c2)c2ccccc2)cc1. The highest BCUT2D eigenvalue weighted by atomic mass is 15.4. The Bertz CT molecular complexity index is 2750. The van der Waals surface area contributed by atoms with E-state index in [0.717, 1.165) is 50.4 Å². The highest BCUT2D eigenvalue weighted by Crippen LogP contribution is 2.46. The van der Waals surface area contributed by atoms with Crippen LogP contribution in [0.1, 0.15) is 22.3 Å². The lowest BCUT2D eigenvalue weighted by molar-refractivity contribution is 0.991. The number of fused-ring (bicyclic) bond motifs is 4. The number of hydrogen-bond acceptors (Lipinski definition) is 4. The maximum absolute atomic E-state index is 4.77. The molecule has 0 aliphatic carbocycles. The van der Waals surface area contributed by atoms with Crippen LogP contribution in [0, 0.1) is 0 Å². The van der Waals surface area contributed by atoms with Gasteiger partial charge < -0.3 is 9.80 Å². The fourth-order valence-electron chi connectivity index (χ4n) is 7.99. The number of anilines is 4. The Morgan fingerprint density at radius 3 is 1.69 bits per heavy atom. The van der Waals surface area contributed by atoms with Crippen LogP contribution >= 0.6 is 0 Å². The predicted molar refractivity (Wildman–Crippen MR) is 223 cm³/mol. The summed E-state index contributed by atoms with van der Waals surface area (Å²) < 4.78 is 2.24. The van der Waals surface area contributed by atoms with Crippen LogP contribution in [0.15, 0.2) is 201 Å². The van der Waals surface area contributed by atoms with Crippen LogP contribution in [-0.2, 0) is 0 Å². The van der Waals surface area contributed by atoms with Crippen molar-refractivity contribution in [2.45, 2.75) is 0 Å². The summed E-state index contributed by atoms with van der Waals surface area (Å²) in [5.41, 5.74) is 13.7. The first-order chi connectivity index (χ1) is 26.8. The number of para-hydroxylation sites is 4. The Kier molecular flexibility index (Phi) is 7.81. The quantitative estimate of drug-likeness (QED) is 0.156. The van der Waals surface area contributed by atoms with E-state index >= 15 is 0 Å². The third-order valence-corrected chi connectivity index (χ3v) is 10.4. The molecule has 3 heterocycles. The highest BCUT2D eigenvalue weighted by Gasteiger charge is 2.28. The van der Waals surface area contributed by atoms with Crippen molar-refractivity contribution < 1.29 is 0 Å². The van der Waals surface area contributed by atoms with Gasteiger partial charge in [-0.15, -0.1) is 0 Å². The van der Waals surface area contributed by atoms with Gasteiger partial charge in [0.1, 0.15) is 6.67 Å². The molecule has 0 amide bonds. The van der Waals surface area contributed by atoms with Crippen molar-refractivity contribution in [2.75, 3.05) is 16.5 Å². The van der Waals surface area contributed by atoms with Gasteiger partial charge in [-0.3, -0.25) is 9.55 Å². The van der Waals surface area contributed by atoms with Gasteiger partial charge in [0, 0.05) is 34.5 Å². The lowest BCUT2D eigenvalue weighted by atomic mass is 9.85. The molecule has 0 bridgehead atoms.